The summed E-state index contributed by atoms with van der Waals surface area (Å²) in [5.41, 5.74) is 0.527. The topological polar surface area (TPSA) is 75.3 Å². The molecule has 1 aromatic carbocycles. The minimum Gasteiger partial charge on any atom is -0.321 e. The Bertz CT molecular complexity index is 796. The fraction of sp³-hybridized carbons (Fsp3) is 0.214. The van der Waals surface area contributed by atoms with Gasteiger partial charge >= 0.3 is 0 Å². The molecule has 0 atom stereocenters. The van der Waals surface area contributed by atoms with Crippen LogP contribution in [-0.2, 0) is 10.0 Å². The molecule has 0 saturated heterocycles. The van der Waals surface area contributed by atoms with Crippen LogP contribution in [-0.4, -0.2) is 20.4 Å². The molecule has 0 aliphatic heterocycles. The summed E-state index contributed by atoms with van der Waals surface area (Å²) in [7, 11) is -3.53. The average molecular weight is 482 g/mol. The van der Waals surface area contributed by atoms with E-state index in [1.807, 2.05) is 0 Å². The molecular formula is C14H14Br2N2O3S2. The fourth-order valence-electron chi connectivity index (χ4n) is 1.75. The number of hydrogen-bond donors (Lipinski definition) is 2. The number of sulfonamides is 1. The summed E-state index contributed by atoms with van der Waals surface area (Å²) in [5, 5.41) is 2.73. The van der Waals surface area contributed by atoms with Crippen LogP contribution in [0, 0.1) is 0 Å². The fourth-order valence-corrected chi connectivity index (χ4v) is 4.93. The molecule has 0 fully saturated rings. The van der Waals surface area contributed by atoms with E-state index >= 15 is 0 Å². The van der Waals surface area contributed by atoms with E-state index in [4.69, 9.17) is 0 Å². The van der Waals surface area contributed by atoms with Crippen LogP contribution in [0.2, 0.25) is 0 Å². The first-order valence-electron chi connectivity index (χ1n) is 6.57. The molecule has 1 aromatic heterocycles. The van der Waals surface area contributed by atoms with Gasteiger partial charge in [-0.05, 0) is 76.0 Å². The second kappa shape index (κ2) is 7.43. The predicted molar refractivity (Wildman–Crippen MR) is 99.6 cm³/mol. The van der Waals surface area contributed by atoms with Crippen molar-refractivity contribution < 1.29 is 13.2 Å². The van der Waals surface area contributed by atoms with E-state index in [1.54, 1.807) is 32.0 Å². The van der Waals surface area contributed by atoms with Crippen LogP contribution < -0.4 is 10.0 Å². The number of nitrogens with one attached hydrogen (secondary N) is 2. The van der Waals surface area contributed by atoms with E-state index in [1.165, 1.54) is 23.5 Å². The summed E-state index contributed by atoms with van der Waals surface area (Å²) >= 11 is 7.98. The van der Waals surface area contributed by atoms with Crippen LogP contribution in [0.4, 0.5) is 5.69 Å². The van der Waals surface area contributed by atoms with Gasteiger partial charge in [-0.15, -0.1) is 11.3 Å². The standard InChI is InChI=1S/C14H14Br2N2O3S2/c1-8(2)18-23(20,21)10-5-3-9(4-6-10)17-14(19)12-7-11(15)13(16)22-12/h3-8,18H,1-2H3,(H,17,19). The Morgan fingerprint density at radius 3 is 2.26 bits per heavy atom. The van der Waals surface area contributed by atoms with Crippen molar-refractivity contribution in [2.75, 3.05) is 5.32 Å². The number of hydrogen-bond acceptors (Lipinski definition) is 4. The molecule has 0 bridgehead atoms. The van der Waals surface area contributed by atoms with Gasteiger partial charge < -0.3 is 5.32 Å². The Morgan fingerprint density at radius 1 is 1.17 bits per heavy atom. The van der Waals surface area contributed by atoms with Crippen molar-refractivity contribution >= 4 is 64.8 Å². The Kier molecular flexibility index (Phi) is 6.01. The number of carbonyl (C=O) groups excluding carboxylic acids is 1. The van der Waals surface area contributed by atoms with Crippen molar-refractivity contribution in [1.29, 1.82) is 0 Å². The first kappa shape index (κ1) is 18.6. The molecule has 0 saturated carbocycles. The average Bonchev–Trinajstić information content (AvgIpc) is 2.78. The highest BCUT2D eigenvalue weighted by atomic mass is 79.9. The van der Waals surface area contributed by atoms with E-state index in [0.717, 1.165) is 8.26 Å². The molecule has 0 aliphatic rings. The van der Waals surface area contributed by atoms with Crippen molar-refractivity contribution in [2.24, 2.45) is 0 Å². The molecule has 124 valence electrons. The molecule has 0 radical (unpaired) electrons. The van der Waals surface area contributed by atoms with E-state index in [2.05, 4.69) is 41.9 Å². The van der Waals surface area contributed by atoms with Gasteiger partial charge in [-0.25, -0.2) is 13.1 Å². The number of anilines is 1. The lowest BCUT2D eigenvalue weighted by Crippen LogP contribution is -2.30. The van der Waals surface area contributed by atoms with Gasteiger partial charge in [-0.1, -0.05) is 0 Å². The number of rotatable bonds is 5. The molecular weight excluding hydrogens is 468 g/mol. The van der Waals surface area contributed by atoms with E-state index < -0.39 is 10.0 Å². The molecule has 23 heavy (non-hydrogen) atoms. The molecule has 9 heteroatoms. The maximum atomic E-state index is 12.1. The van der Waals surface area contributed by atoms with Crippen molar-refractivity contribution in [2.45, 2.75) is 24.8 Å². The van der Waals surface area contributed by atoms with Crippen molar-refractivity contribution in [3.8, 4) is 0 Å². The third-order valence-corrected chi connectivity index (χ3v) is 7.61. The molecule has 1 heterocycles. The number of amides is 1. The van der Waals surface area contributed by atoms with Gasteiger partial charge in [0.15, 0.2) is 0 Å². The van der Waals surface area contributed by atoms with Crippen molar-refractivity contribution in [3.05, 3.63) is 43.5 Å². The largest absolute Gasteiger partial charge is 0.321 e. The number of thiophene rings is 1. The van der Waals surface area contributed by atoms with Crippen LogP contribution in [0.15, 0.2) is 43.5 Å². The van der Waals surface area contributed by atoms with Gasteiger partial charge in [-0.2, -0.15) is 0 Å². The van der Waals surface area contributed by atoms with Gasteiger partial charge in [0, 0.05) is 16.2 Å². The number of halogens is 2. The Labute approximate surface area is 155 Å². The Hall–Kier alpha value is -0.740. The lowest BCUT2D eigenvalue weighted by Gasteiger charge is -2.10. The maximum absolute atomic E-state index is 12.1. The van der Waals surface area contributed by atoms with Gasteiger partial charge in [0.25, 0.3) is 5.91 Å². The minimum atomic E-state index is -3.53. The smallest absolute Gasteiger partial charge is 0.265 e. The van der Waals surface area contributed by atoms with Crippen LogP contribution in [0.25, 0.3) is 0 Å². The maximum Gasteiger partial charge on any atom is 0.265 e. The monoisotopic (exact) mass is 480 g/mol. The first-order valence-corrected chi connectivity index (χ1v) is 10.5. The number of carbonyl (C=O) groups is 1. The van der Waals surface area contributed by atoms with Crippen LogP contribution in [0.1, 0.15) is 23.5 Å². The zero-order valence-corrected chi connectivity index (χ0v) is 17.1. The molecule has 5 nitrogen and oxygen atoms in total. The summed E-state index contributed by atoms with van der Waals surface area (Å²) in [4.78, 5) is 12.8. The SMILES string of the molecule is CC(C)NS(=O)(=O)c1ccc(NC(=O)c2cc(Br)c(Br)s2)cc1. The third kappa shape index (κ3) is 4.87. The molecule has 0 spiro atoms. The van der Waals surface area contributed by atoms with Crippen LogP contribution in [0.3, 0.4) is 0 Å². The molecule has 0 unspecified atom stereocenters. The van der Waals surface area contributed by atoms with Crippen LogP contribution in [0.5, 0.6) is 0 Å². The second-order valence-electron chi connectivity index (χ2n) is 4.99. The van der Waals surface area contributed by atoms with E-state index in [9.17, 15) is 13.2 Å². The lowest BCUT2D eigenvalue weighted by atomic mass is 10.3. The Morgan fingerprint density at radius 2 is 1.78 bits per heavy atom. The molecule has 2 N–H and O–H groups in total. The van der Waals surface area contributed by atoms with Crippen LogP contribution >= 0.6 is 43.2 Å². The van der Waals surface area contributed by atoms with Crippen molar-refractivity contribution in [1.82, 2.24) is 4.72 Å². The molecule has 0 aliphatic carbocycles. The minimum absolute atomic E-state index is 0.158. The lowest BCUT2D eigenvalue weighted by molar-refractivity contribution is 0.103. The highest BCUT2D eigenvalue weighted by Gasteiger charge is 2.16. The third-order valence-electron chi connectivity index (χ3n) is 2.68. The Balaban J connectivity index is 2.12. The number of benzene rings is 1. The van der Waals surface area contributed by atoms with Gasteiger partial charge in [0.2, 0.25) is 10.0 Å². The quantitative estimate of drug-likeness (QED) is 0.671. The van der Waals surface area contributed by atoms with Gasteiger partial charge in [0.1, 0.15) is 0 Å². The van der Waals surface area contributed by atoms with Gasteiger partial charge in [-0.3, -0.25) is 4.79 Å². The van der Waals surface area contributed by atoms with Gasteiger partial charge in [0.05, 0.1) is 13.6 Å². The molecule has 2 rings (SSSR count). The zero-order valence-electron chi connectivity index (χ0n) is 12.3. The van der Waals surface area contributed by atoms with Crippen molar-refractivity contribution in [3.63, 3.8) is 0 Å². The summed E-state index contributed by atoms with van der Waals surface area (Å²) in [6, 6.07) is 7.57. The second-order valence-corrected chi connectivity index (χ2v) is 9.93. The molecule has 1 amide bonds. The highest BCUT2D eigenvalue weighted by molar-refractivity contribution is 9.13. The predicted octanol–water partition coefficient (Wildman–Crippen LogP) is 4.21. The summed E-state index contributed by atoms with van der Waals surface area (Å²) in [6.45, 7) is 3.51. The summed E-state index contributed by atoms with van der Waals surface area (Å²) in [6.07, 6.45) is 0. The first-order chi connectivity index (χ1) is 10.7. The molecule has 2 aromatic rings. The summed E-state index contributed by atoms with van der Waals surface area (Å²) in [5.74, 6) is -0.252. The normalized spacial score (nSPS) is 11.7. The highest BCUT2D eigenvalue weighted by Crippen LogP contribution is 2.32. The van der Waals surface area contributed by atoms with E-state index in [0.29, 0.717) is 10.6 Å². The van der Waals surface area contributed by atoms with E-state index in [-0.39, 0.29) is 16.8 Å². The zero-order chi connectivity index (χ0) is 17.2. The summed E-state index contributed by atoms with van der Waals surface area (Å²) < 4.78 is 28.2.